The molecule has 1 aromatic heterocycles. The van der Waals surface area contributed by atoms with Crippen molar-refractivity contribution in [2.75, 3.05) is 38.0 Å². The highest BCUT2D eigenvalue weighted by molar-refractivity contribution is 7.18. The third-order valence-electron chi connectivity index (χ3n) is 4.85. The number of fused-ring (bicyclic) bond motifs is 1. The molecule has 2 aromatic carbocycles. The first-order valence-electron chi connectivity index (χ1n) is 9.29. The number of hydrogen-bond acceptors (Lipinski definition) is 6. The third kappa shape index (κ3) is 4.37. The van der Waals surface area contributed by atoms with E-state index in [1.807, 2.05) is 18.2 Å². The van der Waals surface area contributed by atoms with E-state index < -0.39 is 0 Å². The second-order valence-corrected chi connectivity index (χ2v) is 7.95. The summed E-state index contributed by atoms with van der Waals surface area (Å²) in [5.74, 6) is -0.0812. The minimum atomic E-state index is -0.0812. The van der Waals surface area contributed by atoms with Crippen molar-refractivity contribution in [1.82, 2.24) is 14.8 Å². The molecule has 1 aliphatic heterocycles. The Morgan fingerprint density at radius 1 is 1.07 bits per heavy atom. The molecule has 1 aliphatic rings. The van der Waals surface area contributed by atoms with Gasteiger partial charge in [0.2, 0.25) is 5.91 Å². The fourth-order valence-corrected chi connectivity index (χ4v) is 4.38. The van der Waals surface area contributed by atoms with Crippen LogP contribution in [0.2, 0.25) is 0 Å². The highest BCUT2D eigenvalue weighted by Crippen LogP contribution is 2.23. The van der Waals surface area contributed by atoms with E-state index in [-0.39, 0.29) is 5.91 Å². The number of piperazine rings is 1. The molecule has 6 nitrogen and oxygen atoms in total. The maximum Gasteiger partial charge on any atom is 0.238 e. The van der Waals surface area contributed by atoms with Crippen LogP contribution < -0.4 is 5.32 Å². The van der Waals surface area contributed by atoms with Gasteiger partial charge in [0.1, 0.15) is 11.1 Å². The van der Waals surface area contributed by atoms with Gasteiger partial charge in [0.25, 0.3) is 0 Å². The number of nitriles is 1. The molecule has 4 rings (SSSR count). The first-order valence-corrected chi connectivity index (χ1v) is 10.1. The van der Waals surface area contributed by atoms with Crippen LogP contribution >= 0.6 is 11.3 Å². The lowest BCUT2D eigenvalue weighted by atomic mass is 10.2. The summed E-state index contributed by atoms with van der Waals surface area (Å²) in [5, 5.41) is 13.1. The lowest BCUT2D eigenvalue weighted by Crippen LogP contribution is -2.48. The van der Waals surface area contributed by atoms with Gasteiger partial charge in [0.15, 0.2) is 0 Å². The number of amides is 1. The average Bonchev–Trinajstić information content (AvgIpc) is 3.12. The third-order valence-corrected chi connectivity index (χ3v) is 5.87. The summed E-state index contributed by atoms with van der Waals surface area (Å²) in [6.07, 6.45) is 0. The molecule has 1 N–H and O–H groups in total. The number of nitrogens with one attached hydrogen (secondary N) is 1. The Morgan fingerprint density at radius 2 is 1.79 bits per heavy atom. The monoisotopic (exact) mass is 391 g/mol. The minimum absolute atomic E-state index is 0.0812. The van der Waals surface area contributed by atoms with E-state index in [0.717, 1.165) is 43.2 Å². The van der Waals surface area contributed by atoms with Gasteiger partial charge in [-0.2, -0.15) is 5.26 Å². The van der Waals surface area contributed by atoms with Crippen LogP contribution in [0.15, 0.2) is 48.5 Å². The van der Waals surface area contributed by atoms with E-state index in [0.29, 0.717) is 17.8 Å². The van der Waals surface area contributed by atoms with Crippen LogP contribution in [-0.4, -0.2) is 53.4 Å². The van der Waals surface area contributed by atoms with Gasteiger partial charge in [-0.15, -0.1) is 11.3 Å². The van der Waals surface area contributed by atoms with Crippen molar-refractivity contribution in [2.45, 2.75) is 6.54 Å². The van der Waals surface area contributed by atoms with Crippen molar-refractivity contribution in [2.24, 2.45) is 0 Å². The van der Waals surface area contributed by atoms with Crippen LogP contribution in [0.3, 0.4) is 0 Å². The van der Waals surface area contributed by atoms with Crippen molar-refractivity contribution in [1.29, 1.82) is 5.26 Å². The van der Waals surface area contributed by atoms with Crippen molar-refractivity contribution >= 4 is 33.1 Å². The molecule has 0 unspecified atom stereocenters. The molecule has 0 aliphatic carbocycles. The van der Waals surface area contributed by atoms with E-state index in [4.69, 9.17) is 10.2 Å². The predicted molar refractivity (Wildman–Crippen MR) is 111 cm³/mol. The van der Waals surface area contributed by atoms with Crippen LogP contribution in [0.5, 0.6) is 0 Å². The molecule has 7 heteroatoms. The molecule has 0 spiro atoms. The number of carbonyl (C=O) groups excluding carboxylic acids is 1. The molecule has 0 atom stereocenters. The first kappa shape index (κ1) is 18.6. The Balaban J connectivity index is 1.27. The number of carbonyl (C=O) groups is 1. The molecule has 3 aromatic rings. The highest BCUT2D eigenvalue weighted by Gasteiger charge is 2.20. The number of thiazole rings is 1. The van der Waals surface area contributed by atoms with Gasteiger partial charge < -0.3 is 5.32 Å². The van der Waals surface area contributed by atoms with Gasteiger partial charge in [0, 0.05) is 26.2 Å². The molecule has 1 fully saturated rings. The standard InChI is InChI=1S/C21H21N5OS/c22-13-16-5-1-2-6-17(16)23-20(27)14-25-9-11-26(12-10-25)15-21-24-18-7-3-4-8-19(18)28-21/h1-8H,9-12,14-15H2,(H,23,27). The van der Waals surface area contributed by atoms with Gasteiger partial charge in [-0.05, 0) is 24.3 Å². The second-order valence-electron chi connectivity index (χ2n) is 6.83. The van der Waals surface area contributed by atoms with Crippen molar-refractivity contribution in [3.8, 4) is 6.07 Å². The Bertz CT molecular complexity index is 984. The zero-order valence-electron chi connectivity index (χ0n) is 15.5. The van der Waals surface area contributed by atoms with Crippen LogP contribution in [0.25, 0.3) is 10.2 Å². The number of rotatable bonds is 5. The van der Waals surface area contributed by atoms with Gasteiger partial charge in [0.05, 0.1) is 34.6 Å². The number of benzene rings is 2. The fourth-order valence-electron chi connectivity index (χ4n) is 3.37. The second kappa shape index (κ2) is 8.48. The Labute approximate surface area is 168 Å². The van der Waals surface area contributed by atoms with Crippen LogP contribution in [0.1, 0.15) is 10.6 Å². The topological polar surface area (TPSA) is 72.3 Å². The van der Waals surface area contributed by atoms with Gasteiger partial charge in [-0.3, -0.25) is 14.6 Å². The number of aromatic nitrogens is 1. The summed E-state index contributed by atoms with van der Waals surface area (Å²) >= 11 is 1.75. The number of para-hydroxylation sites is 2. The molecule has 0 bridgehead atoms. The lowest BCUT2D eigenvalue weighted by molar-refractivity contribution is -0.117. The molecule has 142 valence electrons. The van der Waals surface area contributed by atoms with E-state index in [9.17, 15) is 4.79 Å². The zero-order chi connectivity index (χ0) is 19.3. The summed E-state index contributed by atoms with van der Waals surface area (Å²) in [6, 6.07) is 17.4. The van der Waals surface area contributed by atoms with Gasteiger partial charge >= 0.3 is 0 Å². The molecular weight excluding hydrogens is 370 g/mol. The predicted octanol–water partition coefficient (Wildman–Crippen LogP) is 2.92. The van der Waals surface area contributed by atoms with Crippen LogP contribution in [0, 0.1) is 11.3 Å². The first-order chi connectivity index (χ1) is 13.7. The van der Waals surface area contributed by atoms with Crippen molar-refractivity contribution in [3.63, 3.8) is 0 Å². The number of anilines is 1. The van der Waals surface area contributed by atoms with E-state index in [2.05, 4.69) is 33.3 Å². The molecule has 28 heavy (non-hydrogen) atoms. The van der Waals surface area contributed by atoms with Crippen LogP contribution in [-0.2, 0) is 11.3 Å². The molecule has 0 radical (unpaired) electrons. The maximum atomic E-state index is 12.3. The number of hydrogen-bond donors (Lipinski definition) is 1. The van der Waals surface area contributed by atoms with Gasteiger partial charge in [-0.25, -0.2) is 4.98 Å². The number of nitrogens with zero attached hydrogens (tertiary/aromatic N) is 4. The summed E-state index contributed by atoms with van der Waals surface area (Å²) in [5.41, 5.74) is 2.12. The minimum Gasteiger partial charge on any atom is -0.324 e. The quantitative estimate of drug-likeness (QED) is 0.724. The zero-order valence-corrected chi connectivity index (χ0v) is 16.3. The van der Waals surface area contributed by atoms with E-state index >= 15 is 0 Å². The molecule has 0 saturated carbocycles. The maximum absolute atomic E-state index is 12.3. The largest absolute Gasteiger partial charge is 0.324 e. The molecule has 1 saturated heterocycles. The Hall–Kier alpha value is -2.79. The highest BCUT2D eigenvalue weighted by atomic mass is 32.1. The van der Waals surface area contributed by atoms with Crippen LogP contribution in [0.4, 0.5) is 5.69 Å². The summed E-state index contributed by atoms with van der Waals surface area (Å²) in [4.78, 5) is 21.6. The lowest BCUT2D eigenvalue weighted by Gasteiger charge is -2.33. The normalized spacial score (nSPS) is 15.4. The van der Waals surface area contributed by atoms with E-state index in [1.165, 1.54) is 4.70 Å². The Morgan fingerprint density at radius 3 is 2.57 bits per heavy atom. The summed E-state index contributed by atoms with van der Waals surface area (Å²) < 4.78 is 1.23. The Kier molecular flexibility index (Phi) is 5.63. The summed E-state index contributed by atoms with van der Waals surface area (Å²) in [6.45, 7) is 4.72. The fraction of sp³-hybridized carbons (Fsp3) is 0.286. The molecular formula is C21H21N5OS. The summed E-state index contributed by atoms with van der Waals surface area (Å²) in [7, 11) is 0. The van der Waals surface area contributed by atoms with Crippen molar-refractivity contribution in [3.05, 3.63) is 59.1 Å². The smallest absolute Gasteiger partial charge is 0.238 e. The SMILES string of the molecule is N#Cc1ccccc1NC(=O)CN1CCN(Cc2nc3ccccc3s2)CC1. The average molecular weight is 392 g/mol. The van der Waals surface area contributed by atoms with E-state index in [1.54, 1.807) is 29.5 Å². The van der Waals surface area contributed by atoms with Crippen molar-refractivity contribution < 1.29 is 4.79 Å². The molecule has 1 amide bonds. The molecule has 2 heterocycles. The van der Waals surface area contributed by atoms with Gasteiger partial charge in [-0.1, -0.05) is 24.3 Å².